The number of benzene rings is 2. The van der Waals surface area contributed by atoms with Crippen molar-refractivity contribution in [3.8, 4) is 11.5 Å². The van der Waals surface area contributed by atoms with Gasteiger partial charge >= 0.3 is 0 Å². The summed E-state index contributed by atoms with van der Waals surface area (Å²) in [5.41, 5.74) is 0.436. The van der Waals surface area contributed by atoms with E-state index < -0.39 is 5.82 Å². The number of ether oxygens (including phenoxy) is 1. The number of carbonyl (C=O) groups is 1. The van der Waals surface area contributed by atoms with Gasteiger partial charge < -0.3 is 4.74 Å². The number of ketones is 1. The van der Waals surface area contributed by atoms with Crippen molar-refractivity contribution in [2.45, 2.75) is 6.92 Å². The van der Waals surface area contributed by atoms with Crippen molar-refractivity contribution in [3.63, 3.8) is 0 Å². The van der Waals surface area contributed by atoms with Crippen LogP contribution in [0.25, 0.3) is 0 Å². The minimum Gasteiger partial charge on any atom is -0.455 e. The zero-order chi connectivity index (χ0) is 14.0. The lowest BCUT2D eigenvalue weighted by Crippen LogP contribution is -1.97. The molecule has 2 rings (SSSR count). The van der Waals surface area contributed by atoms with Crippen molar-refractivity contribution in [2.24, 2.45) is 0 Å². The lowest BCUT2D eigenvalue weighted by molar-refractivity contribution is 0.101. The van der Waals surface area contributed by atoms with Crippen LogP contribution in [0.15, 0.2) is 45.3 Å². The lowest BCUT2D eigenvalue weighted by Gasteiger charge is -2.11. The second kappa shape index (κ2) is 5.84. The van der Waals surface area contributed by atoms with E-state index in [9.17, 15) is 9.18 Å². The fourth-order valence-electron chi connectivity index (χ4n) is 1.54. The van der Waals surface area contributed by atoms with Crippen LogP contribution in [0.3, 0.4) is 0 Å². The Hall–Kier alpha value is -1.20. The van der Waals surface area contributed by atoms with Crippen molar-refractivity contribution in [1.29, 1.82) is 0 Å². The molecule has 98 valence electrons. The summed E-state index contributed by atoms with van der Waals surface area (Å²) >= 11 is 6.58. The molecule has 0 atom stereocenters. The average molecular weight is 388 g/mol. The summed E-state index contributed by atoms with van der Waals surface area (Å²) in [5, 5.41) is 0. The molecule has 0 amide bonds. The summed E-state index contributed by atoms with van der Waals surface area (Å²) in [6.07, 6.45) is 0. The van der Waals surface area contributed by atoms with Gasteiger partial charge in [-0.3, -0.25) is 4.79 Å². The molecular formula is C14H9Br2FO2. The summed E-state index contributed by atoms with van der Waals surface area (Å²) in [5.74, 6) is 0.190. The van der Waals surface area contributed by atoms with Gasteiger partial charge in [0.2, 0.25) is 0 Å². The third-order valence-electron chi connectivity index (χ3n) is 2.43. The molecule has 0 radical (unpaired) electrons. The maximum Gasteiger partial charge on any atom is 0.163 e. The molecule has 19 heavy (non-hydrogen) atoms. The van der Waals surface area contributed by atoms with Crippen molar-refractivity contribution >= 4 is 37.6 Å². The molecule has 2 aromatic carbocycles. The van der Waals surface area contributed by atoms with E-state index in [1.54, 1.807) is 24.3 Å². The normalized spacial score (nSPS) is 10.3. The summed E-state index contributed by atoms with van der Waals surface area (Å²) in [7, 11) is 0. The highest BCUT2D eigenvalue weighted by molar-refractivity contribution is 9.10. The Morgan fingerprint density at radius 3 is 2.53 bits per heavy atom. The largest absolute Gasteiger partial charge is 0.455 e. The second-order valence-corrected chi connectivity index (χ2v) is 5.64. The molecule has 0 heterocycles. The van der Waals surface area contributed by atoms with E-state index in [2.05, 4.69) is 31.9 Å². The first-order chi connectivity index (χ1) is 8.97. The summed E-state index contributed by atoms with van der Waals surface area (Å²) < 4.78 is 20.2. The van der Waals surface area contributed by atoms with Crippen molar-refractivity contribution in [1.82, 2.24) is 0 Å². The van der Waals surface area contributed by atoms with Crippen LogP contribution >= 0.6 is 31.9 Å². The van der Waals surface area contributed by atoms with E-state index in [0.29, 0.717) is 21.5 Å². The zero-order valence-corrected chi connectivity index (χ0v) is 13.1. The Balaban J connectivity index is 2.43. The molecule has 2 aromatic rings. The van der Waals surface area contributed by atoms with Crippen molar-refractivity contribution < 1.29 is 13.9 Å². The standard InChI is InChI=1S/C14H9Br2FO2/c1-8(18)11-6-9(15)2-5-13(11)19-14-7-10(17)3-4-12(14)16/h2-7H,1H3. The second-order valence-electron chi connectivity index (χ2n) is 3.87. The van der Waals surface area contributed by atoms with Gasteiger partial charge in [-0.2, -0.15) is 0 Å². The van der Waals surface area contributed by atoms with Crippen LogP contribution in [0.1, 0.15) is 17.3 Å². The summed E-state index contributed by atoms with van der Waals surface area (Å²) in [6, 6.07) is 9.23. The Bertz CT molecular complexity index is 641. The monoisotopic (exact) mass is 386 g/mol. The number of carbonyl (C=O) groups excluding carboxylic acids is 1. The first-order valence-corrected chi connectivity index (χ1v) is 6.99. The van der Waals surface area contributed by atoms with Crippen molar-refractivity contribution in [2.75, 3.05) is 0 Å². The van der Waals surface area contributed by atoms with Gasteiger partial charge in [0, 0.05) is 10.5 Å². The molecule has 0 fully saturated rings. The fourth-order valence-corrected chi connectivity index (χ4v) is 2.23. The molecule has 0 saturated heterocycles. The van der Waals surface area contributed by atoms with Gasteiger partial charge in [0.15, 0.2) is 5.78 Å². The van der Waals surface area contributed by atoms with Crippen LogP contribution in [-0.2, 0) is 0 Å². The third kappa shape index (κ3) is 3.42. The smallest absolute Gasteiger partial charge is 0.163 e. The molecule has 0 aliphatic rings. The van der Waals surface area contributed by atoms with E-state index in [-0.39, 0.29) is 5.78 Å². The molecule has 0 saturated carbocycles. The Morgan fingerprint density at radius 1 is 1.11 bits per heavy atom. The Morgan fingerprint density at radius 2 is 1.84 bits per heavy atom. The van der Waals surface area contributed by atoms with Gasteiger partial charge in [-0.15, -0.1) is 0 Å². The zero-order valence-electron chi connectivity index (χ0n) is 9.91. The number of hydrogen-bond donors (Lipinski definition) is 0. The lowest BCUT2D eigenvalue weighted by atomic mass is 10.1. The van der Waals surface area contributed by atoms with E-state index >= 15 is 0 Å². The van der Waals surface area contributed by atoms with E-state index in [1.807, 2.05) is 0 Å². The van der Waals surface area contributed by atoms with Gasteiger partial charge in [0.1, 0.15) is 17.3 Å². The van der Waals surface area contributed by atoms with Crippen LogP contribution in [0.2, 0.25) is 0 Å². The Kier molecular flexibility index (Phi) is 4.37. The molecule has 0 spiro atoms. The first kappa shape index (κ1) is 14.2. The minimum absolute atomic E-state index is 0.121. The van der Waals surface area contributed by atoms with Gasteiger partial charge in [-0.1, -0.05) is 15.9 Å². The average Bonchev–Trinajstić information content (AvgIpc) is 2.35. The van der Waals surface area contributed by atoms with Crippen LogP contribution < -0.4 is 4.74 Å². The first-order valence-electron chi connectivity index (χ1n) is 5.41. The molecule has 0 aromatic heterocycles. The quantitative estimate of drug-likeness (QED) is 0.664. The predicted octanol–water partition coefficient (Wildman–Crippen LogP) is 5.35. The molecular weight excluding hydrogens is 379 g/mol. The molecule has 0 aliphatic heterocycles. The number of halogens is 3. The van der Waals surface area contributed by atoms with Crippen LogP contribution in [0, 0.1) is 5.82 Å². The number of hydrogen-bond acceptors (Lipinski definition) is 2. The van der Waals surface area contributed by atoms with Crippen LogP contribution in [0.5, 0.6) is 11.5 Å². The highest BCUT2D eigenvalue weighted by Gasteiger charge is 2.12. The Labute approximate surface area is 126 Å². The van der Waals surface area contributed by atoms with Gasteiger partial charge in [0.05, 0.1) is 10.0 Å². The number of Topliss-reactive ketones (excluding diaryl/α,β-unsaturated/α-hetero) is 1. The van der Waals surface area contributed by atoms with Gasteiger partial charge in [-0.05, 0) is 53.2 Å². The maximum absolute atomic E-state index is 13.2. The fraction of sp³-hybridized carbons (Fsp3) is 0.0714. The molecule has 2 nitrogen and oxygen atoms in total. The van der Waals surface area contributed by atoms with E-state index in [4.69, 9.17) is 4.74 Å². The third-order valence-corrected chi connectivity index (χ3v) is 3.58. The van der Waals surface area contributed by atoms with Gasteiger partial charge in [0.25, 0.3) is 0 Å². The van der Waals surface area contributed by atoms with Crippen molar-refractivity contribution in [3.05, 3.63) is 56.7 Å². The summed E-state index contributed by atoms with van der Waals surface area (Å²) in [4.78, 5) is 11.6. The SMILES string of the molecule is CC(=O)c1cc(Br)ccc1Oc1cc(F)ccc1Br. The topological polar surface area (TPSA) is 26.3 Å². The highest BCUT2D eigenvalue weighted by Crippen LogP contribution is 2.33. The minimum atomic E-state index is -0.403. The molecule has 0 unspecified atom stereocenters. The summed E-state index contributed by atoms with van der Waals surface area (Å²) in [6.45, 7) is 1.45. The molecule has 5 heteroatoms. The van der Waals surface area contributed by atoms with E-state index in [0.717, 1.165) is 4.47 Å². The van der Waals surface area contributed by atoms with Gasteiger partial charge in [-0.25, -0.2) is 4.39 Å². The predicted molar refractivity (Wildman–Crippen MR) is 78.3 cm³/mol. The highest BCUT2D eigenvalue weighted by atomic mass is 79.9. The molecule has 0 bridgehead atoms. The maximum atomic E-state index is 13.2. The molecule has 0 N–H and O–H groups in total. The number of rotatable bonds is 3. The van der Waals surface area contributed by atoms with Crippen LogP contribution in [0.4, 0.5) is 4.39 Å². The molecule has 0 aliphatic carbocycles. The van der Waals surface area contributed by atoms with Crippen LogP contribution in [-0.4, -0.2) is 5.78 Å². The van der Waals surface area contributed by atoms with E-state index in [1.165, 1.54) is 19.1 Å².